The van der Waals surface area contributed by atoms with Gasteiger partial charge in [-0.1, -0.05) is 37.3 Å². The molecule has 0 fully saturated rings. The molecule has 2 aromatic rings. The second-order valence-corrected chi connectivity index (χ2v) is 4.59. The van der Waals surface area contributed by atoms with Crippen molar-refractivity contribution in [3.63, 3.8) is 0 Å². The van der Waals surface area contributed by atoms with E-state index in [4.69, 9.17) is 5.73 Å². The second-order valence-electron chi connectivity index (χ2n) is 4.59. The second kappa shape index (κ2) is 7.07. The molecule has 1 aromatic heterocycles. The Kier molecular flexibility index (Phi) is 5.73. The Labute approximate surface area is 124 Å². The predicted octanol–water partition coefficient (Wildman–Crippen LogP) is 2.12. The van der Waals surface area contributed by atoms with Crippen LogP contribution in [0.3, 0.4) is 0 Å². The molecule has 1 aromatic carbocycles. The molecule has 3 N–H and O–H groups in total. The fourth-order valence-corrected chi connectivity index (χ4v) is 1.85. The molecule has 5 nitrogen and oxygen atoms in total. The number of amides is 1. The van der Waals surface area contributed by atoms with Crippen molar-refractivity contribution < 1.29 is 4.79 Å². The van der Waals surface area contributed by atoms with Gasteiger partial charge in [0, 0.05) is 25.4 Å². The number of carbonyl (C=O) groups excluding carboxylic acids is 1. The molecule has 1 heterocycles. The average molecular weight is 295 g/mol. The molecule has 0 bridgehead atoms. The van der Waals surface area contributed by atoms with Crippen LogP contribution >= 0.6 is 12.4 Å². The highest BCUT2D eigenvalue weighted by molar-refractivity contribution is 5.91. The van der Waals surface area contributed by atoms with E-state index >= 15 is 0 Å². The zero-order chi connectivity index (χ0) is 13.8. The van der Waals surface area contributed by atoms with Gasteiger partial charge in [0.05, 0.1) is 5.92 Å². The maximum Gasteiger partial charge on any atom is 0.230 e. The number of nitrogens with one attached hydrogen (secondary N) is 1. The number of nitrogens with two attached hydrogens (primary N) is 1. The summed E-state index contributed by atoms with van der Waals surface area (Å²) in [5, 5.41) is 6.87. The topological polar surface area (TPSA) is 72.9 Å². The Balaban J connectivity index is 0.00000200. The minimum Gasteiger partial charge on any atom is -0.323 e. The van der Waals surface area contributed by atoms with E-state index in [9.17, 15) is 4.79 Å². The number of aromatic nitrogens is 2. The Morgan fingerprint density at radius 2 is 1.95 bits per heavy atom. The van der Waals surface area contributed by atoms with Crippen LogP contribution in [-0.4, -0.2) is 15.7 Å². The molecule has 6 heteroatoms. The number of benzene rings is 1. The fourth-order valence-electron chi connectivity index (χ4n) is 1.85. The van der Waals surface area contributed by atoms with E-state index in [1.165, 1.54) is 0 Å². The summed E-state index contributed by atoms with van der Waals surface area (Å²) in [7, 11) is 1.80. The van der Waals surface area contributed by atoms with Crippen LogP contribution in [0, 0.1) is 5.92 Å². The highest BCUT2D eigenvalue weighted by Crippen LogP contribution is 2.20. The maximum atomic E-state index is 12.1. The lowest BCUT2D eigenvalue weighted by Crippen LogP contribution is -2.30. The van der Waals surface area contributed by atoms with Crippen LogP contribution in [0.2, 0.25) is 0 Å². The fraction of sp³-hybridized carbons (Fsp3) is 0.286. The number of hydrogen-bond donors (Lipinski definition) is 2. The first kappa shape index (κ1) is 16.2. The highest BCUT2D eigenvalue weighted by atomic mass is 35.5. The van der Waals surface area contributed by atoms with Gasteiger partial charge < -0.3 is 11.1 Å². The predicted molar refractivity (Wildman–Crippen MR) is 81.6 cm³/mol. The molecule has 1 amide bonds. The summed E-state index contributed by atoms with van der Waals surface area (Å²) < 4.78 is 1.64. The highest BCUT2D eigenvalue weighted by Gasteiger charge is 2.22. The number of anilines is 1. The van der Waals surface area contributed by atoms with Crippen molar-refractivity contribution in [3.05, 3.63) is 48.2 Å². The molecule has 0 radical (unpaired) electrons. The monoisotopic (exact) mass is 294 g/mol. The van der Waals surface area contributed by atoms with E-state index < -0.39 is 0 Å². The molecule has 0 aliphatic heterocycles. The quantitative estimate of drug-likeness (QED) is 0.907. The Morgan fingerprint density at radius 1 is 1.30 bits per heavy atom. The van der Waals surface area contributed by atoms with E-state index in [0.29, 0.717) is 5.82 Å². The van der Waals surface area contributed by atoms with Gasteiger partial charge >= 0.3 is 0 Å². The molecule has 2 atom stereocenters. The van der Waals surface area contributed by atoms with Gasteiger partial charge in [-0.3, -0.25) is 9.48 Å². The number of carbonyl (C=O) groups is 1. The zero-order valence-electron chi connectivity index (χ0n) is 11.5. The third kappa shape index (κ3) is 3.82. The number of nitrogens with zero attached hydrogens (tertiary/aromatic N) is 2. The summed E-state index contributed by atoms with van der Waals surface area (Å²) >= 11 is 0. The number of aryl methyl sites for hydroxylation is 1. The Morgan fingerprint density at radius 3 is 2.50 bits per heavy atom. The molecule has 2 rings (SSSR count). The third-order valence-electron chi connectivity index (χ3n) is 3.10. The third-order valence-corrected chi connectivity index (χ3v) is 3.10. The maximum absolute atomic E-state index is 12.1. The smallest absolute Gasteiger partial charge is 0.230 e. The van der Waals surface area contributed by atoms with Crippen LogP contribution in [0.4, 0.5) is 5.82 Å². The molecule has 20 heavy (non-hydrogen) atoms. The molecule has 0 saturated heterocycles. The van der Waals surface area contributed by atoms with Gasteiger partial charge in [0.1, 0.15) is 0 Å². The Bertz CT molecular complexity index is 555. The van der Waals surface area contributed by atoms with Crippen LogP contribution in [0.1, 0.15) is 18.5 Å². The Hall–Kier alpha value is -1.85. The summed E-state index contributed by atoms with van der Waals surface area (Å²) in [6.07, 6.45) is 1.78. The van der Waals surface area contributed by atoms with Crippen molar-refractivity contribution in [2.45, 2.75) is 13.0 Å². The van der Waals surface area contributed by atoms with Gasteiger partial charge in [-0.25, -0.2) is 0 Å². The summed E-state index contributed by atoms with van der Waals surface area (Å²) in [6, 6.07) is 11.0. The first-order valence-electron chi connectivity index (χ1n) is 6.19. The normalized spacial score (nSPS) is 13.2. The van der Waals surface area contributed by atoms with Gasteiger partial charge in [0.15, 0.2) is 5.82 Å². The van der Waals surface area contributed by atoms with Gasteiger partial charge in [-0.2, -0.15) is 5.10 Å². The molecular weight excluding hydrogens is 276 g/mol. The lowest BCUT2D eigenvalue weighted by molar-refractivity contribution is -0.120. The molecule has 0 spiro atoms. The molecule has 108 valence electrons. The van der Waals surface area contributed by atoms with Crippen LogP contribution < -0.4 is 11.1 Å². The van der Waals surface area contributed by atoms with E-state index in [0.717, 1.165) is 5.56 Å². The van der Waals surface area contributed by atoms with Crippen molar-refractivity contribution in [1.82, 2.24) is 9.78 Å². The van der Waals surface area contributed by atoms with E-state index in [1.807, 2.05) is 37.3 Å². The zero-order valence-corrected chi connectivity index (χ0v) is 12.3. The van der Waals surface area contributed by atoms with Crippen LogP contribution in [0.25, 0.3) is 0 Å². The molecule has 0 aliphatic carbocycles. The van der Waals surface area contributed by atoms with E-state index in [-0.39, 0.29) is 30.3 Å². The van der Waals surface area contributed by atoms with Crippen LogP contribution in [-0.2, 0) is 11.8 Å². The van der Waals surface area contributed by atoms with Gasteiger partial charge in [0.2, 0.25) is 5.91 Å². The van der Waals surface area contributed by atoms with Crippen molar-refractivity contribution in [2.24, 2.45) is 18.7 Å². The summed E-state index contributed by atoms with van der Waals surface area (Å²) in [6.45, 7) is 1.82. The summed E-state index contributed by atoms with van der Waals surface area (Å²) in [4.78, 5) is 12.1. The average Bonchev–Trinajstić information content (AvgIpc) is 2.83. The van der Waals surface area contributed by atoms with Gasteiger partial charge in [-0.05, 0) is 5.56 Å². The summed E-state index contributed by atoms with van der Waals surface area (Å²) in [5.41, 5.74) is 7.06. The molecular formula is C14H19ClN4O. The SMILES string of the molecule is CC(C(=O)Nc1ccn(C)n1)C(N)c1ccccc1.Cl. The minimum absolute atomic E-state index is 0. The standard InChI is InChI=1S/C14H18N4O.ClH/c1-10(13(15)11-6-4-3-5-7-11)14(19)16-12-8-9-18(2)17-12;/h3-10,13H,15H2,1-2H3,(H,16,17,19);1H. The van der Waals surface area contributed by atoms with Gasteiger partial charge in [-0.15, -0.1) is 12.4 Å². The first-order chi connectivity index (χ1) is 9.08. The minimum atomic E-state index is -0.329. The number of halogens is 1. The van der Waals surface area contributed by atoms with Crippen molar-refractivity contribution in [1.29, 1.82) is 0 Å². The van der Waals surface area contributed by atoms with Gasteiger partial charge in [0.25, 0.3) is 0 Å². The van der Waals surface area contributed by atoms with E-state index in [2.05, 4.69) is 10.4 Å². The lowest BCUT2D eigenvalue weighted by Gasteiger charge is -2.19. The van der Waals surface area contributed by atoms with Crippen LogP contribution in [0.15, 0.2) is 42.6 Å². The van der Waals surface area contributed by atoms with E-state index in [1.54, 1.807) is 24.0 Å². The largest absolute Gasteiger partial charge is 0.323 e. The van der Waals surface area contributed by atoms with Crippen molar-refractivity contribution in [3.8, 4) is 0 Å². The van der Waals surface area contributed by atoms with Crippen LogP contribution in [0.5, 0.6) is 0 Å². The number of rotatable bonds is 4. The van der Waals surface area contributed by atoms with Crippen molar-refractivity contribution >= 4 is 24.1 Å². The lowest BCUT2D eigenvalue weighted by atomic mass is 9.95. The molecule has 0 aliphatic rings. The number of hydrogen-bond acceptors (Lipinski definition) is 3. The van der Waals surface area contributed by atoms with Crippen molar-refractivity contribution in [2.75, 3.05) is 5.32 Å². The first-order valence-corrected chi connectivity index (χ1v) is 6.19. The summed E-state index contributed by atoms with van der Waals surface area (Å²) in [5.74, 6) is 0.0825. The molecule has 0 saturated carbocycles. The molecule has 2 unspecified atom stereocenters.